The second-order valence-electron chi connectivity index (χ2n) is 4.69. The molecule has 2 aromatic heterocycles. The van der Waals surface area contributed by atoms with Gasteiger partial charge in [0.05, 0.1) is 15.6 Å². The van der Waals surface area contributed by atoms with E-state index in [9.17, 15) is 14.7 Å². The first-order valence-corrected chi connectivity index (χ1v) is 7.00. The fraction of sp³-hybridized carbons (Fsp3) is 0.0667. The number of aromatic nitrogens is 1. The molecule has 0 aliphatic rings. The lowest BCUT2D eigenvalue weighted by Crippen LogP contribution is -2.09. The largest absolute Gasteiger partial charge is 0.477 e. The van der Waals surface area contributed by atoms with Crippen LogP contribution in [0.25, 0.3) is 11.1 Å². The van der Waals surface area contributed by atoms with Crippen LogP contribution in [0, 0.1) is 0 Å². The van der Waals surface area contributed by atoms with Crippen molar-refractivity contribution in [3.05, 3.63) is 57.4 Å². The Balaban J connectivity index is 2.12. The monoisotopic (exact) mass is 337 g/mol. The van der Waals surface area contributed by atoms with Gasteiger partial charge in [0, 0.05) is 18.7 Å². The van der Waals surface area contributed by atoms with Gasteiger partial charge >= 0.3 is 5.97 Å². The van der Waals surface area contributed by atoms with Crippen molar-refractivity contribution in [2.75, 3.05) is 0 Å². The molecule has 0 aliphatic heterocycles. The number of carbonyl (C=O) groups is 2. The molecule has 112 valence electrons. The molecule has 7 heteroatoms. The van der Waals surface area contributed by atoms with Gasteiger partial charge in [0.25, 0.3) is 0 Å². The third kappa shape index (κ3) is 2.49. The first-order chi connectivity index (χ1) is 10.5. The van der Waals surface area contributed by atoms with E-state index in [0.29, 0.717) is 27.4 Å². The molecule has 22 heavy (non-hydrogen) atoms. The van der Waals surface area contributed by atoms with Crippen molar-refractivity contribution >= 4 is 46.6 Å². The fourth-order valence-corrected chi connectivity index (χ4v) is 2.61. The Hall–Kier alpha value is -2.24. The summed E-state index contributed by atoms with van der Waals surface area (Å²) in [5, 5.41) is 10.1. The molecule has 0 saturated carbocycles. The number of carbonyl (C=O) groups excluding carboxylic acids is 1. The zero-order valence-electron chi connectivity index (χ0n) is 11.0. The van der Waals surface area contributed by atoms with Gasteiger partial charge in [-0.3, -0.25) is 4.79 Å². The number of carboxylic acids is 1. The summed E-state index contributed by atoms with van der Waals surface area (Å²) in [5.74, 6) is -0.941. The smallest absolute Gasteiger partial charge is 0.352 e. The van der Waals surface area contributed by atoms with Gasteiger partial charge in [-0.2, -0.15) is 0 Å². The van der Waals surface area contributed by atoms with Gasteiger partial charge in [0.15, 0.2) is 17.6 Å². The SMILES string of the molecule is O=Cc1cc2c(cc(C(=O)O)n2Cc2ccc(Cl)c(Cl)c2)o1. The minimum Gasteiger partial charge on any atom is -0.477 e. The normalized spacial score (nSPS) is 11.0. The standard InChI is InChI=1S/C15H9Cl2NO4/c16-10-2-1-8(3-11(10)17)6-18-12-4-9(7-19)22-14(12)5-13(18)15(20)21/h1-5,7H,6H2,(H,20,21). The van der Waals surface area contributed by atoms with Crippen molar-refractivity contribution < 1.29 is 19.1 Å². The Morgan fingerprint density at radius 1 is 1.23 bits per heavy atom. The molecule has 0 radical (unpaired) electrons. The van der Waals surface area contributed by atoms with E-state index in [2.05, 4.69) is 0 Å². The van der Waals surface area contributed by atoms with Crippen LogP contribution in [0.1, 0.15) is 26.6 Å². The van der Waals surface area contributed by atoms with E-state index in [1.165, 1.54) is 12.1 Å². The average Bonchev–Trinajstić information content (AvgIpc) is 3.01. The van der Waals surface area contributed by atoms with E-state index in [1.54, 1.807) is 22.8 Å². The third-order valence-corrected chi connectivity index (χ3v) is 4.01. The number of hydrogen-bond acceptors (Lipinski definition) is 3. The van der Waals surface area contributed by atoms with Gasteiger partial charge in [0.2, 0.25) is 0 Å². The number of hydrogen-bond donors (Lipinski definition) is 1. The zero-order chi connectivity index (χ0) is 15.9. The molecule has 0 saturated heterocycles. The molecule has 2 heterocycles. The number of aromatic carboxylic acids is 1. The topological polar surface area (TPSA) is 72.4 Å². The lowest BCUT2D eigenvalue weighted by Gasteiger charge is -2.08. The van der Waals surface area contributed by atoms with Gasteiger partial charge in [-0.05, 0) is 17.7 Å². The minimum absolute atomic E-state index is 0.0669. The van der Waals surface area contributed by atoms with Gasteiger partial charge in [-0.1, -0.05) is 29.3 Å². The predicted octanol–water partition coefficient (Wildman–Crippen LogP) is 4.10. The highest BCUT2D eigenvalue weighted by molar-refractivity contribution is 6.42. The maximum atomic E-state index is 11.4. The number of benzene rings is 1. The van der Waals surface area contributed by atoms with Crippen LogP contribution in [0.15, 0.2) is 34.7 Å². The van der Waals surface area contributed by atoms with Crippen molar-refractivity contribution in [2.45, 2.75) is 6.54 Å². The van der Waals surface area contributed by atoms with E-state index in [4.69, 9.17) is 27.6 Å². The first-order valence-electron chi connectivity index (χ1n) is 6.25. The number of furan rings is 1. The van der Waals surface area contributed by atoms with Crippen molar-refractivity contribution in [2.24, 2.45) is 0 Å². The molecular formula is C15H9Cl2NO4. The molecule has 3 aromatic rings. The average molecular weight is 338 g/mol. The fourth-order valence-electron chi connectivity index (χ4n) is 2.29. The van der Waals surface area contributed by atoms with Crippen LogP contribution < -0.4 is 0 Å². The van der Waals surface area contributed by atoms with E-state index in [-0.39, 0.29) is 18.0 Å². The quantitative estimate of drug-likeness (QED) is 0.727. The van der Waals surface area contributed by atoms with E-state index < -0.39 is 5.97 Å². The molecule has 0 unspecified atom stereocenters. The lowest BCUT2D eigenvalue weighted by atomic mass is 10.2. The Kier molecular flexibility index (Phi) is 3.68. The Morgan fingerprint density at radius 2 is 2.00 bits per heavy atom. The molecule has 3 rings (SSSR count). The molecule has 1 aromatic carbocycles. The summed E-state index contributed by atoms with van der Waals surface area (Å²) in [6, 6.07) is 7.97. The molecule has 0 bridgehead atoms. The minimum atomic E-state index is -1.08. The van der Waals surface area contributed by atoms with E-state index in [0.717, 1.165) is 5.56 Å². The van der Waals surface area contributed by atoms with Crippen LogP contribution in [0.4, 0.5) is 0 Å². The second-order valence-corrected chi connectivity index (χ2v) is 5.50. The number of rotatable bonds is 4. The lowest BCUT2D eigenvalue weighted by molar-refractivity contribution is 0.0686. The maximum absolute atomic E-state index is 11.4. The van der Waals surface area contributed by atoms with Crippen molar-refractivity contribution in [1.29, 1.82) is 0 Å². The molecular weight excluding hydrogens is 329 g/mol. The van der Waals surface area contributed by atoms with Gasteiger partial charge in [-0.25, -0.2) is 4.79 Å². The highest BCUT2D eigenvalue weighted by Gasteiger charge is 2.18. The van der Waals surface area contributed by atoms with Crippen LogP contribution >= 0.6 is 23.2 Å². The summed E-state index contributed by atoms with van der Waals surface area (Å²) in [6.07, 6.45) is 0.573. The summed E-state index contributed by atoms with van der Waals surface area (Å²) in [6.45, 7) is 0.264. The van der Waals surface area contributed by atoms with Crippen molar-refractivity contribution in [1.82, 2.24) is 4.57 Å². The molecule has 0 spiro atoms. The molecule has 0 atom stereocenters. The van der Waals surface area contributed by atoms with Gasteiger partial charge in [0.1, 0.15) is 5.69 Å². The molecule has 0 aliphatic carbocycles. The zero-order valence-corrected chi connectivity index (χ0v) is 12.6. The molecule has 0 amide bonds. The Bertz CT molecular complexity index is 894. The molecule has 0 fully saturated rings. The summed E-state index contributed by atoms with van der Waals surface area (Å²) >= 11 is 11.9. The second kappa shape index (κ2) is 5.51. The Morgan fingerprint density at radius 3 is 2.64 bits per heavy atom. The number of aldehydes is 1. The van der Waals surface area contributed by atoms with Gasteiger partial charge in [-0.15, -0.1) is 0 Å². The number of fused-ring (bicyclic) bond motifs is 1. The van der Waals surface area contributed by atoms with Crippen LogP contribution in [0.5, 0.6) is 0 Å². The molecule has 1 N–H and O–H groups in total. The first kappa shape index (κ1) is 14.7. The highest BCUT2D eigenvalue weighted by atomic mass is 35.5. The third-order valence-electron chi connectivity index (χ3n) is 3.27. The van der Waals surface area contributed by atoms with Crippen LogP contribution in [-0.2, 0) is 6.54 Å². The van der Waals surface area contributed by atoms with Gasteiger partial charge < -0.3 is 14.1 Å². The van der Waals surface area contributed by atoms with Crippen LogP contribution in [-0.4, -0.2) is 21.9 Å². The predicted molar refractivity (Wildman–Crippen MR) is 82.1 cm³/mol. The summed E-state index contributed by atoms with van der Waals surface area (Å²) in [4.78, 5) is 22.2. The van der Waals surface area contributed by atoms with E-state index >= 15 is 0 Å². The summed E-state index contributed by atoms with van der Waals surface area (Å²) in [7, 11) is 0. The number of halogens is 2. The summed E-state index contributed by atoms with van der Waals surface area (Å²) in [5.41, 5.74) is 1.73. The Labute approximate surface area is 134 Å². The summed E-state index contributed by atoms with van der Waals surface area (Å²) < 4.78 is 6.82. The van der Waals surface area contributed by atoms with E-state index in [1.807, 2.05) is 0 Å². The maximum Gasteiger partial charge on any atom is 0.352 e. The number of nitrogens with zero attached hydrogens (tertiary/aromatic N) is 1. The van der Waals surface area contributed by atoms with Crippen LogP contribution in [0.3, 0.4) is 0 Å². The van der Waals surface area contributed by atoms with Crippen molar-refractivity contribution in [3.8, 4) is 0 Å². The van der Waals surface area contributed by atoms with Crippen molar-refractivity contribution in [3.63, 3.8) is 0 Å². The highest BCUT2D eigenvalue weighted by Crippen LogP contribution is 2.27. The van der Waals surface area contributed by atoms with Crippen LogP contribution in [0.2, 0.25) is 10.0 Å². The number of carboxylic acid groups (broad SMARTS) is 1. The molecule has 5 nitrogen and oxygen atoms in total.